The van der Waals surface area contributed by atoms with Gasteiger partial charge in [0.15, 0.2) is 17.3 Å². The first kappa shape index (κ1) is 18.0. The van der Waals surface area contributed by atoms with Crippen LogP contribution in [0.2, 0.25) is 0 Å². The van der Waals surface area contributed by atoms with Gasteiger partial charge in [0.25, 0.3) is 0 Å². The summed E-state index contributed by atoms with van der Waals surface area (Å²) in [6, 6.07) is 10.4. The molecule has 2 heterocycles. The molecule has 4 rings (SSSR count). The number of hydrogen-bond acceptors (Lipinski definition) is 7. The molecule has 1 aromatic heterocycles. The Hall–Kier alpha value is -3.42. The molecule has 0 bridgehead atoms. The first-order valence-corrected chi connectivity index (χ1v) is 8.88. The highest BCUT2D eigenvalue weighted by molar-refractivity contribution is 5.56. The SMILES string of the molecule is COc1cc2c(cc1OC)CN(c1cnnc(Nc3ccccc3F)n1)CC2. The number of nitrogens with one attached hydrogen (secondary N) is 1. The standard InChI is InChI=1S/C20H20FN5O2/c1-27-17-9-13-7-8-26(12-14(13)10-18(17)28-2)19-11-22-25-20(24-19)23-16-6-4-3-5-15(16)21/h3-6,9-11H,7-8,12H2,1-2H3,(H,23,24,25). The number of hydrogen-bond donors (Lipinski definition) is 1. The van der Waals surface area contributed by atoms with Crippen molar-refractivity contribution >= 4 is 17.5 Å². The van der Waals surface area contributed by atoms with Crippen molar-refractivity contribution < 1.29 is 13.9 Å². The normalized spacial score (nSPS) is 13.0. The molecule has 0 aliphatic carbocycles. The number of anilines is 3. The number of ether oxygens (including phenoxy) is 2. The van der Waals surface area contributed by atoms with E-state index in [0.29, 0.717) is 23.8 Å². The van der Waals surface area contributed by atoms with E-state index in [-0.39, 0.29) is 11.8 Å². The number of para-hydroxylation sites is 1. The van der Waals surface area contributed by atoms with Gasteiger partial charge in [-0.15, -0.1) is 5.10 Å². The molecule has 3 aromatic rings. The summed E-state index contributed by atoms with van der Waals surface area (Å²) in [6.07, 6.45) is 2.45. The number of aromatic nitrogens is 3. The molecule has 0 radical (unpaired) electrons. The van der Waals surface area contributed by atoms with Gasteiger partial charge >= 0.3 is 0 Å². The lowest BCUT2D eigenvalue weighted by molar-refractivity contribution is 0.353. The predicted octanol–water partition coefficient (Wildman–Crippen LogP) is 3.33. The number of nitrogens with zero attached hydrogens (tertiary/aromatic N) is 4. The first-order chi connectivity index (χ1) is 13.7. The van der Waals surface area contributed by atoms with E-state index in [2.05, 4.69) is 25.4 Å². The molecule has 0 spiro atoms. The minimum absolute atomic E-state index is 0.251. The van der Waals surface area contributed by atoms with Crippen LogP contribution in [-0.2, 0) is 13.0 Å². The fraction of sp³-hybridized carbons (Fsp3) is 0.250. The van der Waals surface area contributed by atoms with E-state index in [0.717, 1.165) is 24.3 Å². The number of halogens is 1. The molecule has 0 unspecified atom stereocenters. The Balaban J connectivity index is 1.57. The van der Waals surface area contributed by atoms with Crippen LogP contribution in [0.4, 0.5) is 21.8 Å². The smallest absolute Gasteiger partial charge is 0.249 e. The van der Waals surface area contributed by atoms with Crippen LogP contribution in [0, 0.1) is 5.82 Å². The third-order valence-corrected chi connectivity index (χ3v) is 4.71. The van der Waals surface area contributed by atoms with Crippen LogP contribution in [-0.4, -0.2) is 35.9 Å². The van der Waals surface area contributed by atoms with Gasteiger partial charge in [-0.2, -0.15) is 10.1 Å². The van der Waals surface area contributed by atoms with Gasteiger partial charge in [0.2, 0.25) is 5.95 Å². The van der Waals surface area contributed by atoms with Gasteiger partial charge in [-0.1, -0.05) is 12.1 Å². The average molecular weight is 381 g/mol. The molecule has 144 valence electrons. The average Bonchev–Trinajstić information content (AvgIpc) is 2.74. The van der Waals surface area contributed by atoms with Crippen LogP contribution in [0.15, 0.2) is 42.6 Å². The topological polar surface area (TPSA) is 72.4 Å². The van der Waals surface area contributed by atoms with E-state index < -0.39 is 0 Å². The van der Waals surface area contributed by atoms with E-state index in [4.69, 9.17) is 9.47 Å². The summed E-state index contributed by atoms with van der Waals surface area (Å²) in [5, 5.41) is 10.9. The van der Waals surface area contributed by atoms with E-state index in [9.17, 15) is 4.39 Å². The van der Waals surface area contributed by atoms with Crippen molar-refractivity contribution in [3.8, 4) is 11.5 Å². The summed E-state index contributed by atoms with van der Waals surface area (Å²) in [5.74, 6) is 1.99. The third kappa shape index (κ3) is 3.53. The van der Waals surface area contributed by atoms with E-state index >= 15 is 0 Å². The van der Waals surface area contributed by atoms with Crippen molar-refractivity contribution in [1.82, 2.24) is 15.2 Å². The Labute approximate surface area is 162 Å². The van der Waals surface area contributed by atoms with Crippen molar-refractivity contribution in [1.29, 1.82) is 0 Å². The fourth-order valence-corrected chi connectivity index (χ4v) is 3.26. The summed E-state index contributed by atoms with van der Waals surface area (Å²) in [7, 11) is 3.26. The number of rotatable bonds is 5. The quantitative estimate of drug-likeness (QED) is 0.727. The van der Waals surface area contributed by atoms with Gasteiger partial charge in [0, 0.05) is 13.1 Å². The number of benzene rings is 2. The van der Waals surface area contributed by atoms with Crippen molar-refractivity contribution in [3.63, 3.8) is 0 Å². The molecule has 8 heteroatoms. The van der Waals surface area contributed by atoms with E-state index in [1.54, 1.807) is 38.6 Å². The van der Waals surface area contributed by atoms with Gasteiger partial charge < -0.3 is 19.7 Å². The molecule has 28 heavy (non-hydrogen) atoms. The molecule has 1 N–H and O–H groups in total. The summed E-state index contributed by atoms with van der Waals surface area (Å²) in [5.41, 5.74) is 2.68. The zero-order valence-electron chi connectivity index (χ0n) is 15.6. The maximum atomic E-state index is 13.9. The van der Waals surface area contributed by atoms with Crippen LogP contribution in [0.3, 0.4) is 0 Å². The molecule has 1 aliphatic heterocycles. The zero-order valence-corrected chi connectivity index (χ0v) is 15.6. The van der Waals surface area contributed by atoms with Gasteiger partial charge in [0.05, 0.1) is 26.1 Å². The second-order valence-corrected chi connectivity index (χ2v) is 6.39. The van der Waals surface area contributed by atoms with Gasteiger partial charge in [-0.05, 0) is 41.8 Å². The second-order valence-electron chi connectivity index (χ2n) is 6.39. The lowest BCUT2D eigenvalue weighted by Gasteiger charge is -2.30. The maximum Gasteiger partial charge on any atom is 0.249 e. The lowest BCUT2D eigenvalue weighted by atomic mass is 9.99. The summed E-state index contributed by atoms with van der Waals surface area (Å²) < 4.78 is 24.7. The molecule has 0 saturated carbocycles. The monoisotopic (exact) mass is 381 g/mol. The summed E-state index contributed by atoms with van der Waals surface area (Å²) in [4.78, 5) is 6.61. The van der Waals surface area contributed by atoms with E-state index in [1.165, 1.54) is 11.6 Å². The van der Waals surface area contributed by atoms with Crippen LogP contribution in [0.1, 0.15) is 11.1 Å². The van der Waals surface area contributed by atoms with E-state index in [1.807, 2.05) is 12.1 Å². The maximum absolute atomic E-state index is 13.9. The van der Waals surface area contributed by atoms with Crippen molar-refractivity contribution in [2.75, 3.05) is 31.0 Å². The highest BCUT2D eigenvalue weighted by Gasteiger charge is 2.21. The van der Waals surface area contributed by atoms with Gasteiger partial charge in [-0.3, -0.25) is 0 Å². The molecular weight excluding hydrogens is 361 g/mol. The molecule has 0 amide bonds. The summed E-state index contributed by atoms with van der Waals surface area (Å²) in [6.45, 7) is 1.44. The van der Waals surface area contributed by atoms with Crippen molar-refractivity contribution in [2.24, 2.45) is 0 Å². The third-order valence-electron chi connectivity index (χ3n) is 4.71. The van der Waals surface area contributed by atoms with Crippen LogP contribution in [0.25, 0.3) is 0 Å². The highest BCUT2D eigenvalue weighted by Crippen LogP contribution is 2.34. The van der Waals surface area contributed by atoms with Crippen LogP contribution in [0.5, 0.6) is 11.5 Å². The molecule has 2 aromatic carbocycles. The van der Waals surface area contributed by atoms with Gasteiger partial charge in [-0.25, -0.2) is 4.39 Å². The minimum atomic E-state index is -0.371. The molecule has 0 atom stereocenters. The molecule has 0 fully saturated rings. The first-order valence-electron chi connectivity index (χ1n) is 8.88. The minimum Gasteiger partial charge on any atom is -0.493 e. The van der Waals surface area contributed by atoms with Crippen LogP contribution < -0.4 is 19.7 Å². The molecule has 0 saturated heterocycles. The Morgan fingerprint density at radius 3 is 2.57 bits per heavy atom. The van der Waals surface area contributed by atoms with Crippen molar-refractivity contribution in [2.45, 2.75) is 13.0 Å². The largest absolute Gasteiger partial charge is 0.493 e. The Bertz CT molecular complexity index is 998. The Kier molecular flexibility index (Phi) is 4.92. The Morgan fingerprint density at radius 2 is 1.82 bits per heavy atom. The van der Waals surface area contributed by atoms with Crippen LogP contribution >= 0.6 is 0 Å². The number of methoxy groups -OCH3 is 2. The highest BCUT2D eigenvalue weighted by atomic mass is 19.1. The molecule has 1 aliphatic rings. The van der Waals surface area contributed by atoms with Crippen molar-refractivity contribution in [3.05, 3.63) is 59.5 Å². The lowest BCUT2D eigenvalue weighted by Crippen LogP contribution is -2.31. The number of fused-ring (bicyclic) bond motifs is 1. The second kappa shape index (κ2) is 7.67. The zero-order chi connectivity index (χ0) is 19.5. The molecule has 7 nitrogen and oxygen atoms in total. The Morgan fingerprint density at radius 1 is 1.07 bits per heavy atom. The predicted molar refractivity (Wildman–Crippen MR) is 104 cm³/mol. The molecular formula is C20H20FN5O2. The van der Waals surface area contributed by atoms with Gasteiger partial charge in [0.1, 0.15) is 5.82 Å². The fourth-order valence-electron chi connectivity index (χ4n) is 3.26. The summed E-state index contributed by atoms with van der Waals surface area (Å²) >= 11 is 0.